The lowest BCUT2D eigenvalue weighted by atomic mass is 10.1. The molecule has 0 saturated carbocycles. The monoisotopic (exact) mass is 460 g/mol. The maximum Gasteiger partial charge on any atom is 0.280 e. The highest BCUT2D eigenvalue weighted by Crippen LogP contribution is 2.38. The minimum atomic E-state index is -0.561. The van der Waals surface area contributed by atoms with Gasteiger partial charge in [-0.2, -0.15) is 0 Å². The van der Waals surface area contributed by atoms with Crippen molar-refractivity contribution in [3.8, 4) is 17.2 Å². The van der Waals surface area contributed by atoms with Crippen molar-refractivity contribution in [1.29, 1.82) is 0 Å². The van der Waals surface area contributed by atoms with Crippen molar-refractivity contribution in [2.24, 2.45) is 4.99 Å². The summed E-state index contributed by atoms with van der Waals surface area (Å²) in [4.78, 5) is 27.3. The fourth-order valence-corrected chi connectivity index (χ4v) is 3.31. The molecule has 8 nitrogen and oxygen atoms in total. The Morgan fingerprint density at radius 2 is 1.59 bits per heavy atom. The summed E-state index contributed by atoms with van der Waals surface area (Å²) in [5.41, 5.74) is 2.27. The number of nitrogens with zero attached hydrogens (tertiary/aromatic N) is 2. The lowest BCUT2D eigenvalue weighted by molar-refractivity contribution is -0.385. The van der Waals surface area contributed by atoms with Crippen LogP contribution in [0.5, 0.6) is 17.2 Å². The molecule has 0 fully saturated rings. The molecule has 3 aromatic rings. The Labute approximate surface area is 197 Å². The molecule has 0 aliphatic rings. The fraction of sp³-hybridized carbons (Fsp3) is 0.154. The number of hydrogen-bond donors (Lipinski definition) is 0. The molecule has 0 aromatic heterocycles. The van der Waals surface area contributed by atoms with E-state index in [1.807, 2.05) is 48.6 Å². The second kappa shape index (κ2) is 11.4. The molecule has 0 radical (unpaired) electrons. The zero-order chi connectivity index (χ0) is 24.5. The van der Waals surface area contributed by atoms with Crippen LogP contribution in [0.25, 0.3) is 12.2 Å². The van der Waals surface area contributed by atoms with Crippen LogP contribution in [-0.4, -0.2) is 38.3 Å². The highest BCUT2D eigenvalue weighted by atomic mass is 16.6. The van der Waals surface area contributed by atoms with Crippen molar-refractivity contribution in [2.45, 2.75) is 6.42 Å². The van der Waals surface area contributed by atoms with Gasteiger partial charge in [0.25, 0.3) is 5.69 Å². The Morgan fingerprint density at radius 1 is 0.912 bits per heavy atom. The minimum absolute atomic E-state index is 0.0453. The number of hydrogen-bond acceptors (Lipinski definition) is 7. The van der Waals surface area contributed by atoms with E-state index in [-0.39, 0.29) is 23.5 Å². The third kappa shape index (κ3) is 5.86. The van der Waals surface area contributed by atoms with Crippen LogP contribution in [0.1, 0.15) is 27.9 Å². The molecule has 3 rings (SSSR count). The maximum atomic E-state index is 12.4. The minimum Gasteiger partial charge on any atom is -0.493 e. The van der Waals surface area contributed by atoms with Crippen LogP contribution in [0, 0.1) is 10.1 Å². The third-order valence-corrected chi connectivity index (χ3v) is 4.94. The molecule has 0 N–H and O–H groups in total. The summed E-state index contributed by atoms with van der Waals surface area (Å²) in [5.74, 6) is 1.27. The van der Waals surface area contributed by atoms with Gasteiger partial charge in [-0.3, -0.25) is 19.9 Å². The van der Waals surface area contributed by atoms with E-state index in [9.17, 15) is 14.9 Å². The first-order valence-electron chi connectivity index (χ1n) is 10.3. The first-order valence-corrected chi connectivity index (χ1v) is 10.3. The third-order valence-electron chi connectivity index (χ3n) is 4.94. The van der Waals surface area contributed by atoms with E-state index in [2.05, 4.69) is 4.99 Å². The normalized spacial score (nSPS) is 11.0. The van der Waals surface area contributed by atoms with Crippen LogP contribution in [0.15, 0.2) is 65.7 Å². The molecule has 0 aliphatic heterocycles. The van der Waals surface area contributed by atoms with E-state index in [0.29, 0.717) is 22.9 Å². The van der Waals surface area contributed by atoms with E-state index in [0.717, 1.165) is 11.1 Å². The van der Waals surface area contributed by atoms with Gasteiger partial charge >= 0.3 is 0 Å². The molecular formula is C26H24N2O6. The Balaban J connectivity index is 1.73. The van der Waals surface area contributed by atoms with Crippen LogP contribution in [0.2, 0.25) is 0 Å². The largest absolute Gasteiger partial charge is 0.493 e. The number of rotatable bonds is 10. The molecule has 0 spiro atoms. The summed E-state index contributed by atoms with van der Waals surface area (Å²) >= 11 is 0. The highest BCUT2D eigenvalue weighted by Gasteiger charge is 2.18. The van der Waals surface area contributed by atoms with Crippen molar-refractivity contribution in [1.82, 2.24) is 0 Å². The van der Waals surface area contributed by atoms with Gasteiger partial charge in [-0.15, -0.1) is 0 Å². The van der Waals surface area contributed by atoms with Gasteiger partial charge in [0.1, 0.15) is 0 Å². The van der Waals surface area contributed by atoms with Crippen molar-refractivity contribution in [3.63, 3.8) is 0 Å². The topological polar surface area (TPSA) is 100 Å². The molecule has 0 bridgehead atoms. The summed E-state index contributed by atoms with van der Waals surface area (Å²) in [6.07, 6.45) is 5.24. The zero-order valence-corrected chi connectivity index (χ0v) is 19.1. The number of carbonyl (C=O) groups is 1. The SMILES string of the molecule is COc1cc(/C=C\c2cccc(N=CCC(=O)c3ccccc3[N+](=O)[O-])c2)cc(OC)c1OC. The fourth-order valence-electron chi connectivity index (χ4n) is 3.31. The average molecular weight is 460 g/mol. The Kier molecular flexibility index (Phi) is 8.12. The van der Waals surface area contributed by atoms with Gasteiger partial charge in [0, 0.05) is 18.7 Å². The van der Waals surface area contributed by atoms with Gasteiger partial charge < -0.3 is 14.2 Å². The summed E-state index contributed by atoms with van der Waals surface area (Å²) in [6, 6.07) is 17.0. The van der Waals surface area contributed by atoms with Crippen LogP contribution in [-0.2, 0) is 0 Å². The standard InChI is InChI=1S/C26H24N2O6/c1-32-24-16-19(17-25(33-2)26(24)34-3)12-11-18-7-6-8-20(15-18)27-14-13-23(29)21-9-4-5-10-22(21)28(30)31/h4-12,14-17H,13H2,1-3H3/b12-11-,27-14?. The summed E-state index contributed by atoms with van der Waals surface area (Å²) in [7, 11) is 4.68. The van der Waals surface area contributed by atoms with Crippen molar-refractivity contribution in [3.05, 3.63) is 87.5 Å². The molecule has 0 atom stereocenters. The lowest BCUT2D eigenvalue weighted by Gasteiger charge is -2.12. The van der Waals surface area contributed by atoms with Crippen molar-refractivity contribution in [2.75, 3.05) is 21.3 Å². The molecule has 34 heavy (non-hydrogen) atoms. The number of nitro benzene ring substituents is 1. The summed E-state index contributed by atoms with van der Waals surface area (Å²) < 4.78 is 16.1. The first-order chi connectivity index (χ1) is 16.5. The molecule has 0 amide bonds. The summed E-state index contributed by atoms with van der Waals surface area (Å²) in [6.45, 7) is 0. The Hall–Kier alpha value is -4.46. The number of para-hydroxylation sites is 1. The molecular weight excluding hydrogens is 436 g/mol. The smallest absolute Gasteiger partial charge is 0.280 e. The van der Waals surface area contributed by atoms with E-state index in [4.69, 9.17) is 14.2 Å². The van der Waals surface area contributed by atoms with Gasteiger partial charge in [-0.1, -0.05) is 36.4 Å². The molecule has 3 aromatic carbocycles. The van der Waals surface area contributed by atoms with E-state index < -0.39 is 4.92 Å². The van der Waals surface area contributed by atoms with Gasteiger partial charge in [0.2, 0.25) is 5.75 Å². The quantitative estimate of drug-likeness (QED) is 0.125. The van der Waals surface area contributed by atoms with Crippen LogP contribution in [0.3, 0.4) is 0 Å². The van der Waals surface area contributed by atoms with Gasteiger partial charge in [-0.25, -0.2) is 0 Å². The number of carbonyl (C=O) groups excluding carboxylic acids is 1. The summed E-state index contributed by atoms with van der Waals surface area (Å²) in [5, 5.41) is 11.1. The molecule has 0 saturated heterocycles. The maximum absolute atomic E-state index is 12.4. The number of nitro groups is 1. The first kappa shape index (κ1) is 24.2. The predicted molar refractivity (Wildman–Crippen MR) is 132 cm³/mol. The number of benzene rings is 3. The van der Waals surface area contributed by atoms with Crippen molar-refractivity contribution >= 4 is 35.5 Å². The Morgan fingerprint density at radius 3 is 2.24 bits per heavy atom. The van der Waals surface area contributed by atoms with Gasteiger partial charge in [-0.05, 0) is 41.5 Å². The number of aliphatic imine (C=N–C) groups is 1. The Bertz CT molecular complexity index is 1220. The van der Waals surface area contributed by atoms with Crippen molar-refractivity contribution < 1.29 is 23.9 Å². The molecule has 174 valence electrons. The second-order valence-corrected chi connectivity index (χ2v) is 7.10. The van der Waals surface area contributed by atoms with Crippen LogP contribution < -0.4 is 14.2 Å². The van der Waals surface area contributed by atoms with Gasteiger partial charge in [0.15, 0.2) is 17.3 Å². The number of ketones is 1. The molecule has 8 heteroatoms. The van der Waals surface area contributed by atoms with E-state index >= 15 is 0 Å². The molecule has 0 heterocycles. The predicted octanol–water partition coefficient (Wildman–Crippen LogP) is 5.77. The lowest BCUT2D eigenvalue weighted by Crippen LogP contribution is -2.04. The molecule has 0 unspecified atom stereocenters. The van der Waals surface area contributed by atoms with Crippen LogP contribution in [0.4, 0.5) is 11.4 Å². The molecule has 0 aliphatic carbocycles. The second-order valence-electron chi connectivity index (χ2n) is 7.10. The number of Topliss-reactive ketones (excluding diaryl/α,β-unsaturated/α-hetero) is 1. The van der Waals surface area contributed by atoms with E-state index in [1.165, 1.54) is 24.4 Å². The highest BCUT2D eigenvalue weighted by molar-refractivity contribution is 6.06. The van der Waals surface area contributed by atoms with Gasteiger partial charge in [0.05, 0.1) is 37.5 Å². The zero-order valence-electron chi connectivity index (χ0n) is 19.1. The number of methoxy groups -OCH3 is 3. The van der Waals surface area contributed by atoms with E-state index in [1.54, 1.807) is 27.4 Å². The average Bonchev–Trinajstić information content (AvgIpc) is 2.86. The number of ether oxygens (including phenoxy) is 3. The van der Waals surface area contributed by atoms with Crippen LogP contribution >= 0.6 is 0 Å².